The van der Waals surface area contributed by atoms with Crippen molar-refractivity contribution in [2.45, 2.75) is 51.0 Å². The number of likely N-dealkylation sites (tertiary alicyclic amines) is 1. The number of fused-ring (bicyclic) bond motifs is 1. The van der Waals surface area contributed by atoms with Crippen LogP contribution >= 0.6 is 11.6 Å². The number of benzene rings is 2. The first-order chi connectivity index (χ1) is 19.4. The van der Waals surface area contributed by atoms with Crippen LogP contribution in [0.5, 0.6) is 5.88 Å². The van der Waals surface area contributed by atoms with Gasteiger partial charge in [-0.15, -0.1) is 0 Å². The lowest BCUT2D eigenvalue weighted by molar-refractivity contribution is -0.0592. The molecular formula is C30H30ClFN4O4. The van der Waals surface area contributed by atoms with Gasteiger partial charge in [0.2, 0.25) is 5.88 Å². The van der Waals surface area contributed by atoms with Gasteiger partial charge in [-0.25, -0.2) is 19.2 Å². The van der Waals surface area contributed by atoms with E-state index >= 15 is 0 Å². The summed E-state index contributed by atoms with van der Waals surface area (Å²) in [6.07, 6.45) is 3.25. The molecule has 2 aromatic heterocycles. The Hall–Kier alpha value is -3.53. The summed E-state index contributed by atoms with van der Waals surface area (Å²) in [5.41, 5.74) is 3.13. The quantitative estimate of drug-likeness (QED) is 0.293. The number of piperidine rings is 1. The molecule has 40 heavy (non-hydrogen) atoms. The summed E-state index contributed by atoms with van der Waals surface area (Å²) >= 11 is 5.87. The molecule has 1 N–H and O–H groups in total. The third-order valence-corrected chi connectivity index (χ3v) is 7.84. The Morgan fingerprint density at radius 1 is 1.10 bits per heavy atom. The topological polar surface area (TPSA) is 89.7 Å². The number of carboxylic acid groups (broad SMARTS) is 1. The normalized spacial score (nSPS) is 18.1. The molecule has 0 radical (unpaired) electrons. The molecule has 4 aromatic rings. The number of halogens is 2. The van der Waals surface area contributed by atoms with Crippen LogP contribution in [0.2, 0.25) is 5.02 Å². The van der Waals surface area contributed by atoms with E-state index in [0.29, 0.717) is 41.5 Å². The van der Waals surface area contributed by atoms with E-state index in [9.17, 15) is 14.3 Å². The summed E-state index contributed by atoms with van der Waals surface area (Å²) in [5, 5.41) is 9.78. The molecule has 8 nitrogen and oxygen atoms in total. The Kier molecular flexibility index (Phi) is 7.69. The highest BCUT2D eigenvalue weighted by atomic mass is 35.5. The molecule has 208 valence electrons. The molecule has 2 aromatic carbocycles. The van der Waals surface area contributed by atoms with Crippen LogP contribution in [0.15, 0.2) is 54.6 Å². The molecule has 0 bridgehead atoms. The van der Waals surface area contributed by atoms with E-state index in [1.54, 1.807) is 24.3 Å². The first-order valence-corrected chi connectivity index (χ1v) is 13.9. The fourth-order valence-electron chi connectivity index (χ4n) is 5.31. The highest BCUT2D eigenvalue weighted by Crippen LogP contribution is 2.25. The summed E-state index contributed by atoms with van der Waals surface area (Å²) in [5.74, 6) is 0.154. The van der Waals surface area contributed by atoms with Crippen molar-refractivity contribution in [3.05, 3.63) is 88.1 Å². The molecule has 2 aliphatic rings. The minimum absolute atomic E-state index is 0.0339. The Labute approximate surface area is 236 Å². The maximum atomic E-state index is 14.2. The van der Waals surface area contributed by atoms with Crippen molar-refractivity contribution in [2.75, 3.05) is 19.7 Å². The maximum absolute atomic E-state index is 14.2. The average molecular weight is 565 g/mol. The fraction of sp³-hybridized carbons (Fsp3) is 0.367. The minimum Gasteiger partial charge on any atom is -0.478 e. The van der Waals surface area contributed by atoms with Crippen LogP contribution in [0.25, 0.3) is 11.0 Å². The molecule has 2 saturated heterocycles. The third kappa shape index (κ3) is 5.96. The van der Waals surface area contributed by atoms with Gasteiger partial charge in [0.15, 0.2) is 0 Å². The van der Waals surface area contributed by atoms with Crippen LogP contribution in [0.4, 0.5) is 4.39 Å². The second kappa shape index (κ2) is 11.5. The molecule has 2 fully saturated rings. The van der Waals surface area contributed by atoms with Crippen LogP contribution in [0.1, 0.15) is 46.7 Å². The van der Waals surface area contributed by atoms with E-state index in [0.717, 1.165) is 56.0 Å². The van der Waals surface area contributed by atoms with Crippen molar-refractivity contribution in [1.29, 1.82) is 0 Å². The van der Waals surface area contributed by atoms with E-state index in [2.05, 4.69) is 14.5 Å². The SMILES string of the molecule is O=C(O)c1ccc2c(c1)nc(CN1CCC(Oc3cccc(Cc4ccc(Cl)cc4F)n3)CC1)n2CC1CCO1. The molecule has 1 atom stereocenters. The van der Waals surface area contributed by atoms with E-state index < -0.39 is 5.97 Å². The summed E-state index contributed by atoms with van der Waals surface area (Å²) in [6, 6.07) is 15.4. The van der Waals surface area contributed by atoms with Gasteiger partial charge in [-0.1, -0.05) is 23.7 Å². The zero-order chi connectivity index (χ0) is 27.6. The monoisotopic (exact) mass is 564 g/mol. The largest absolute Gasteiger partial charge is 0.478 e. The Morgan fingerprint density at radius 3 is 2.65 bits per heavy atom. The van der Waals surface area contributed by atoms with Crippen LogP contribution in [0, 0.1) is 5.82 Å². The number of pyridine rings is 1. The first kappa shape index (κ1) is 26.7. The van der Waals surface area contributed by atoms with E-state index in [1.807, 2.05) is 24.3 Å². The molecule has 10 heteroatoms. The van der Waals surface area contributed by atoms with E-state index in [1.165, 1.54) is 6.07 Å². The number of carbonyl (C=O) groups is 1. The van der Waals surface area contributed by atoms with Gasteiger partial charge in [-0.3, -0.25) is 4.90 Å². The van der Waals surface area contributed by atoms with Gasteiger partial charge in [0.05, 0.1) is 35.8 Å². The number of aromatic nitrogens is 3. The van der Waals surface area contributed by atoms with Crippen molar-refractivity contribution in [1.82, 2.24) is 19.4 Å². The van der Waals surface area contributed by atoms with E-state index in [4.69, 9.17) is 26.1 Å². The fourth-order valence-corrected chi connectivity index (χ4v) is 5.47. The number of hydrogen-bond acceptors (Lipinski definition) is 6. The molecule has 0 spiro atoms. The minimum atomic E-state index is -0.959. The van der Waals surface area contributed by atoms with Crippen molar-refractivity contribution in [2.24, 2.45) is 0 Å². The van der Waals surface area contributed by atoms with Crippen LogP contribution in [-0.4, -0.2) is 62.4 Å². The number of rotatable bonds is 9. The lowest BCUT2D eigenvalue weighted by atomic mass is 10.1. The molecule has 0 amide bonds. The van der Waals surface area contributed by atoms with Gasteiger partial charge in [0.1, 0.15) is 17.7 Å². The van der Waals surface area contributed by atoms with Crippen LogP contribution in [0.3, 0.4) is 0 Å². The zero-order valence-corrected chi connectivity index (χ0v) is 22.7. The third-order valence-electron chi connectivity index (χ3n) is 7.61. The Balaban J connectivity index is 1.09. The molecule has 0 saturated carbocycles. The lowest BCUT2D eigenvalue weighted by Crippen LogP contribution is -2.39. The predicted octanol–water partition coefficient (Wildman–Crippen LogP) is 5.35. The lowest BCUT2D eigenvalue weighted by Gasteiger charge is -2.32. The highest BCUT2D eigenvalue weighted by molar-refractivity contribution is 6.30. The molecule has 1 unspecified atom stereocenters. The zero-order valence-electron chi connectivity index (χ0n) is 21.9. The number of hydrogen-bond donors (Lipinski definition) is 1. The first-order valence-electron chi connectivity index (χ1n) is 13.5. The van der Waals surface area contributed by atoms with Crippen molar-refractivity contribution in [3.63, 3.8) is 0 Å². The van der Waals surface area contributed by atoms with Gasteiger partial charge in [0.25, 0.3) is 0 Å². The van der Waals surface area contributed by atoms with Gasteiger partial charge in [0, 0.05) is 42.9 Å². The van der Waals surface area contributed by atoms with Crippen molar-refractivity contribution >= 4 is 28.6 Å². The molecular weight excluding hydrogens is 535 g/mol. The van der Waals surface area contributed by atoms with Crippen LogP contribution in [-0.2, 0) is 24.2 Å². The van der Waals surface area contributed by atoms with Gasteiger partial charge in [-0.2, -0.15) is 0 Å². The Bertz CT molecular complexity index is 1530. The number of ether oxygens (including phenoxy) is 2. The number of imidazole rings is 1. The summed E-state index contributed by atoms with van der Waals surface area (Å²) in [6.45, 7) is 3.82. The maximum Gasteiger partial charge on any atom is 0.335 e. The summed E-state index contributed by atoms with van der Waals surface area (Å²) < 4.78 is 28.3. The van der Waals surface area contributed by atoms with Gasteiger partial charge >= 0.3 is 5.97 Å². The average Bonchev–Trinajstić information content (AvgIpc) is 3.25. The number of nitrogens with zero attached hydrogens (tertiary/aromatic N) is 4. The van der Waals surface area contributed by atoms with Crippen molar-refractivity contribution in [3.8, 4) is 5.88 Å². The highest BCUT2D eigenvalue weighted by Gasteiger charge is 2.26. The van der Waals surface area contributed by atoms with E-state index in [-0.39, 0.29) is 23.6 Å². The smallest absolute Gasteiger partial charge is 0.335 e. The molecule has 4 heterocycles. The standard InChI is InChI=1S/C30H30ClFN4O4/c31-21-6-4-19(25(32)16-21)14-22-2-1-3-29(33-22)40-23-8-11-35(12-9-23)18-28-34-26-15-20(30(37)38)5-7-27(26)36(28)17-24-10-13-39-24/h1-7,15-16,23-24H,8-14,17-18H2,(H,37,38). The van der Waals surface area contributed by atoms with Crippen LogP contribution < -0.4 is 4.74 Å². The number of aromatic carboxylic acids is 1. The summed E-state index contributed by atoms with van der Waals surface area (Å²) in [7, 11) is 0. The molecule has 0 aliphatic carbocycles. The molecule has 6 rings (SSSR count). The Morgan fingerprint density at radius 2 is 1.93 bits per heavy atom. The summed E-state index contributed by atoms with van der Waals surface area (Å²) in [4.78, 5) is 23.3. The second-order valence-corrected chi connectivity index (χ2v) is 10.8. The second-order valence-electron chi connectivity index (χ2n) is 10.4. The molecule has 2 aliphatic heterocycles. The van der Waals surface area contributed by atoms with Gasteiger partial charge in [-0.05, 0) is 61.2 Å². The van der Waals surface area contributed by atoms with Crippen molar-refractivity contribution < 1.29 is 23.8 Å². The van der Waals surface area contributed by atoms with Gasteiger partial charge < -0.3 is 19.1 Å². The number of carboxylic acids is 1. The predicted molar refractivity (Wildman–Crippen MR) is 148 cm³/mol.